The van der Waals surface area contributed by atoms with E-state index >= 15 is 0 Å². The third-order valence-electron chi connectivity index (χ3n) is 5.94. The van der Waals surface area contributed by atoms with Crippen molar-refractivity contribution in [3.63, 3.8) is 0 Å². The molecule has 6 nitrogen and oxygen atoms in total. The summed E-state index contributed by atoms with van der Waals surface area (Å²) in [5, 5.41) is 5.91. The van der Waals surface area contributed by atoms with Gasteiger partial charge in [0.1, 0.15) is 5.52 Å². The summed E-state index contributed by atoms with van der Waals surface area (Å²) in [5.41, 5.74) is 7.44. The zero-order chi connectivity index (χ0) is 25.2. The van der Waals surface area contributed by atoms with E-state index in [1.165, 1.54) is 0 Å². The van der Waals surface area contributed by atoms with Gasteiger partial charge in [-0.3, -0.25) is 9.59 Å². The van der Waals surface area contributed by atoms with Crippen LogP contribution in [0.2, 0.25) is 0 Å². The van der Waals surface area contributed by atoms with E-state index in [2.05, 4.69) is 15.6 Å². The van der Waals surface area contributed by atoms with Gasteiger partial charge in [0.25, 0.3) is 11.8 Å². The van der Waals surface area contributed by atoms with E-state index in [1.807, 2.05) is 75.4 Å². The molecule has 178 valence electrons. The van der Waals surface area contributed by atoms with E-state index < -0.39 is 0 Å². The van der Waals surface area contributed by atoms with Crippen LogP contribution in [0.4, 0.5) is 11.4 Å². The number of nitrogens with zero attached hydrogens (tertiary/aromatic N) is 1. The van der Waals surface area contributed by atoms with Crippen molar-refractivity contribution < 1.29 is 14.0 Å². The molecule has 5 aromatic rings. The average Bonchev–Trinajstić information content (AvgIpc) is 3.29. The first-order chi connectivity index (χ1) is 17.4. The molecule has 0 bridgehead atoms. The summed E-state index contributed by atoms with van der Waals surface area (Å²) >= 11 is 0. The number of nitrogens with one attached hydrogen (secondary N) is 2. The van der Waals surface area contributed by atoms with Crippen LogP contribution in [0, 0.1) is 20.8 Å². The normalized spacial score (nSPS) is 10.9. The van der Waals surface area contributed by atoms with E-state index in [-0.39, 0.29) is 11.8 Å². The van der Waals surface area contributed by atoms with Crippen molar-refractivity contribution in [2.45, 2.75) is 20.8 Å². The molecule has 0 aliphatic carbocycles. The first kappa shape index (κ1) is 23.1. The molecule has 5 rings (SSSR count). The Morgan fingerprint density at radius 2 is 1.39 bits per heavy atom. The maximum absolute atomic E-state index is 12.8. The van der Waals surface area contributed by atoms with Crippen LogP contribution >= 0.6 is 0 Å². The lowest BCUT2D eigenvalue weighted by molar-refractivity contribution is 0.101. The second-order valence-electron chi connectivity index (χ2n) is 8.88. The summed E-state index contributed by atoms with van der Waals surface area (Å²) < 4.78 is 5.98. The van der Waals surface area contributed by atoms with Crippen LogP contribution in [0.5, 0.6) is 0 Å². The van der Waals surface area contributed by atoms with Crippen LogP contribution in [0.25, 0.3) is 22.6 Å². The van der Waals surface area contributed by atoms with Crippen molar-refractivity contribution in [2.24, 2.45) is 0 Å². The zero-order valence-electron chi connectivity index (χ0n) is 20.3. The Kier molecular flexibility index (Phi) is 6.09. The van der Waals surface area contributed by atoms with Gasteiger partial charge >= 0.3 is 0 Å². The summed E-state index contributed by atoms with van der Waals surface area (Å²) in [7, 11) is 0. The molecule has 1 aromatic heterocycles. The minimum absolute atomic E-state index is 0.175. The molecule has 36 heavy (non-hydrogen) atoms. The van der Waals surface area contributed by atoms with Crippen LogP contribution in [-0.2, 0) is 0 Å². The van der Waals surface area contributed by atoms with E-state index in [4.69, 9.17) is 4.42 Å². The number of amides is 2. The van der Waals surface area contributed by atoms with Gasteiger partial charge in [0.05, 0.1) is 0 Å². The molecular formula is C30H25N3O3. The Morgan fingerprint density at radius 3 is 2.06 bits per heavy atom. The molecule has 2 amide bonds. The molecule has 0 fully saturated rings. The standard InChI is InChI=1S/C30H25N3O3/c1-18-6-4-8-21(14-18)28(34)31-24-12-13-27-26(17-24)33-30(36-27)23-11-10-20(3)25(16-23)32-29(35)22-9-5-7-19(2)15-22/h4-17H,1-3H3,(H,31,34)(H,32,35). The monoisotopic (exact) mass is 475 g/mol. The Hall–Kier alpha value is -4.71. The summed E-state index contributed by atoms with van der Waals surface area (Å²) in [5.74, 6) is 0.0676. The van der Waals surface area contributed by atoms with Crippen LogP contribution in [0.1, 0.15) is 37.4 Å². The first-order valence-corrected chi connectivity index (χ1v) is 11.6. The lowest BCUT2D eigenvalue weighted by Crippen LogP contribution is -2.13. The fourth-order valence-electron chi connectivity index (χ4n) is 3.99. The number of oxazole rings is 1. The quantitative estimate of drug-likeness (QED) is 0.289. The van der Waals surface area contributed by atoms with Gasteiger partial charge in [-0.1, -0.05) is 41.5 Å². The second kappa shape index (κ2) is 9.50. The molecule has 2 N–H and O–H groups in total. The molecule has 0 atom stereocenters. The van der Waals surface area contributed by atoms with Crippen molar-refractivity contribution in [3.05, 3.63) is 113 Å². The molecular weight excluding hydrogens is 450 g/mol. The van der Waals surface area contributed by atoms with Gasteiger partial charge in [0.2, 0.25) is 5.89 Å². The molecule has 1 heterocycles. The molecule has 0 saturated heterocycles. The fourth-order valence-corrected chi connectivity index (χ4v) is 3.99. The van der Waals surface area contributed by atoms with Crippen molar-refractivity contribution in [1.29, 1.82) is 0 Å². The van der Waals surface area contributed by atoms with Crippen molar-refractivity contribution >= 4 is 34.3 Å². The molecule has 6 heteroatoms. The van der Waals surface area contributed by atoms with E-state index in [1.54, 1.807) is 30.3 Å². The third kappa shape index (κ3) is 4.88. The predicted octanol–water partition coefficient (Wildman–Crippen LogP) is 6.92. The number of rotatable bonds is 5. The van der Waals surface area contributed by atoms with Crippen LogP contribution in [0.3, 0.4) is 0 Å². The van der Waals surface area contributed by atoms with Gasteiger partial charge < -0.3 is 15.1 Å². The number of carbonyl (C=O) groups is 2. The number of aromatic nitrogens is 1. The maximum Gasteiger partial charge on any atom is 0.255 e. The Morgan fingerprint density at radius 1 is 0.722 bits per heavy atom. The summed E-state index contributed by atoms with van der Waals surface area (Å²) in [6.07, 6.45) is 0. The molecule has 0 unspecified atom stereocenters. The SMILES string of the molecule is Cc1cccc(C(=O)Nc2ccc3oc(-c4ccc(C)c(NC(=O)c5cccc(C)c5)c4)nc3c2)c1. The molecule has 0 spiro atoms. The Labute approximate surface area is 209 Å². The molecule has 0 aliphatic rings. The number of anilines is 2. The zero-order valence-corrected chi connectivity index (χ0v) is 20.3. The highest BCUT2D eigenvalue weighted by atomic mass is 16.3. The third-order valence-corrected chi connectivity index (χ3v) is 5.94. The predicted molar refractivity (Wildman–Crippen MR) is 142 cm³/mol. The van der Waals surface area contributed by atoms with Crippen molar-refractivity contribution in [3.8, 4) is 11.5 Å². The minimum Gasteiger partial charge on any atom is -0.436 e. The number of carbonyl (C=O) groups excluding carboxylic acids is 2. The number of benzene rings is 4. The number of hydrogen-bond acceptors (Lipinski definition) is 4. The topological polar surface area (TPSA) is 84.2 Å². The smallest absolute Gasteiger partial charge is 0.255 e. The van der Waals surface area contributed by atoms with Crippen molar-refractivity contribution in [2.75, 3.05) is 10.6 Å². The average molecular weight is 476 g/mol. The van der Waals surface area contributed by atoms with Crippen LogP contribution in [0.15, 0.2) is 89.3 Å². The molecule has 0 aliphatic heterocycles. The van der Waals surface area contributed by atoms with Crippen LogP contribution in [-0.4, -0.2) is 16.8 Å². The number of hydrogen-bond donors (Lipinski definition) is 2. The maximum atomic E-state index is 12.8. The first-order valence-electron chi connectivity index (χ1n) is 11.6. The largest absolute Gasteiger partial charge is 0.436 e. The van der Waals surface area contributed by atoms with E-state index in [0.29, 0.717) is 39.5 Å². The summed E-state index contributed by atoms with van der Waals surface area (Å²) in [4.78, 5) is 30.0. The van der Waals surface area contributed by atoms with Gasteiger partial charge in [0.15, 0.2) is 5.58 Å². The van der Waals surface area contributed by atoms with Gasteiger partial charge in [-0.2, -0.15) is 0 Å². The number of fused-ring (bicyclic) bond motifs is 1. The highest BCUT2D eigenvalue weighted by Gasteiger charge is 2.14. The second-order valence-corrected chi connectivity index (χ2v) is 8.88. The highest BCUT2D eigenvalue weighted by Crippen LogP contribution is 2.29. The van der Waals surface area contributed by atoms with Gasteiger partial charge in [0, 0.05) is 28.1 Å². The molecule has 0 saturated carbocycles. The lowest BCUT2D eigenvalue weighted by Gasteiger charge is -2.10. The minimum atomic E-state index is -0.186. The van der Waals surface area contributed by atoms with E-state index in [9.17, 15) is 9.59 Å². The van der Waals surface area contributed by atoms with Crippen LogP contribution < -0.4 is 10.6 Å². The Balaban J connectivity index is 1.38. The highest BCUT2D eigenvalue weighted by molar-refractivity contribution is 6.05. The van der Waals surface area contributed by atoms with Crippen molar-refractivity contribution in [1.82, 2.24) is 4.98 Å². The molecule has 4 aromatic carbocycles. The molecule has 0 radical (unpaired) electrons. The Bertz CT molecular complexity index is 1620. The fraction of sp³-hybridized carbons (Fsp3) is 0.100. The lowest BCUT2D eigenvalue weighted by atomic mass is 10.1. The van der Waals surface area contributed by atoms with Gasteiger partial charge in [-0.05, 0) is 80.9 Å². The summed E-state index contributed by atoms with van der Waals surface area (Å²) in [6, 6.07) is 25.9. The van der Waals surface area contributed by atoms with Gasteiger partial charge in [-0.25, -0.2) is 4.98 Å². The van der Waals surface area contributed by atoms with Gasteiger partial charge in [-0.15, -0.1) is 0 Å². The number of aryl methyl sites for hydroxylation is 3. The summed E-state index contributed by atoms with van der Waals surface area (Å²) in [6.45, 7) is 5.84. The van der Waals surface area contributed by atoms with E-state index in [0.717, 1.165) is 22.3 Å².